The van der Waals surface area contributed by atoms with Crippen LogP contribution in [0.2, 0.25) is 5.02 Å². The van der Waals surface area contributed by atoms with Crippen molar-refractivity contribution in [2.75, 3.05) is 5.32 Å². The number of anilines is 1. The number of aromatic nitrogens is 3. The first-order chi connectivity index (χ1) is 10.0. The van der Waals surface area contributed by atoms with Gasteiger partial charge in [-0.15, -0.1) is 0 Å². The summed E-state index contributed by atoms with van der Waals surface area (Å²) in [6.07, 6.45) is 1.83. The molecular weight excluding hydrogens is 284 g/mol. The summed E-state index contributed by atoms with van der Waals surface area (Å²) in [4.78, 5) is 4.46. The highest BCUT2D eigenvalue weighted by Gasteiger charge is 2.07. The monoisotopic (exact) mass is 300 g/mol. The van der Waals surface area contributed by atoms with Gasteiger partial charge in [-0.25, -0.2) is 4.98 Å². The molecule has 0 aliphatic carbocycles. The zero-order valence-electron chi connectivity index (χ0n) is 12.3. The Morgan fingerprint density at radius 1 is 1.24 bits per heavy atom. The lowest BCUT2D eigenvalue weighted by atomic mass is 10.1. The summed E-state index contributed by atoms with van der Waals surface area (Å²) < 4.78 is 1.80. The number of rotatable bonds is 3. The fraction of sp³-hybridized carbons (Fsp3) is 0.250. The van der Waals surface area contributed by atoms with E-state index in [1.807, 2.05) is 39.2 Å². The van der Waals surface area contributed by atoms with Gasteiger partial charge in [-0.3, -0.25) is 4.68 Å². The van der Waals surface area contributed by atoms with Gasteiger partial charge in [0.25, 0.3) is 0 Å². The molecule has 0 amide bonds. The van der Waals surface area contributed by atoms with E-state index in [2.05, 4.69) is 27.5 Å². The Hall–Kier alpha value is -2.07. The molecule has 0 aliphatic heterocycles. The van der Waals surface area contributed by atoms with Crippen LogP contribution in [0.5, 0.6) is 0 Å². The van der Waals surface area contributed by atoms with Gasteiger partial charge in [0, 0.05) is 24.0 Å². The number of fused-ring (bicyclic) bond motifs is 1. The molecule has 1 N–H and O–H groups in total. The van der Waals surface area contributed by atoms with E-state index in [0.29, 0.717) is 6.54 Å². The van der Waals surface area contributed by atoms with Gasteiger partial charge in [0.05, 0.1) is 17.6 Å². The Morgan fingerprint density at radius 3 is 2.81 bits per heavy atom. The molecule has 0 radical (unpaired) electrons. The van der Waals surface area contributed by atoms with Crippen LogP contribution in [0.4, 0.5) is 5.69 Å². The zero-order valence-corrected chi connectivity index (χ0v) is 13.1. The molecule has 3 rings (SSSR count). The number of nitrogens with zero attached hydrogens (tertiary/aromatic N) is 3. The molecule has 108 valence electrons. The summed E-state index contributed by atoms with van der Waals surface area (Å²) >= 11 is 6.15. The van der Waals surface area contributed by atoms with Gasteiger partial charge < -0.3 is 5.32 Å². The van der Waals surface area contributed by atoms with Crippen molar-refractivity contribution in [1.29, 1.82) is 0 Å². The van der Waals surface area contributed by atoms with Crippen molar-refractivity contribution in [3.8, 4) is 0 Å². The van der Waals surface area contributed by atoms with Gasteiger partial charge in [-0.2, -0.15) is 5.10 Å². The van der Waals surface area contributed by atoms with Crippen molar-refractivity contribution in [2.24, 2.45) is 7.05 Å². The maximum absolute atomic E-state index is 6.15. The molecule has 0 unspecified atom stereocenters. The van der Waals surface area contributed by atoms with Crippen molar-refractivity contribution in [2.45, 2.75) is 20.4 Å². The van der Waals surface area contributed by atoms with E-state index in [1.54, 1.807) is 4.68 Å². The van der Waals surface area contributed by atoms with Crippen LogP contribution in [0, 0.1) is 13.8 Å². The van der Waals surface area contributed by atoms with Crippen molar-refractivity contribution >= 4 is 28.3 Å². The van der Waals surface area contributed by atoms with Crippen LogP contribution in [-0.4, -0.2) is 14.8 Å². The highest BCUT2D eigenvalue weighted by Crippen LogP contribution is 2.21. The number of nitrogens with one attached hydrogen (secondary N) is 1. The van der Waals surface area contributed by atoms with Gasteiger partial charge in [0.2, 0.25) is 0 Å². The number of hydrogen-bond acceptors (Lipinski definition) is 3. The van der Waals surface area contributed by atoms with Crippen LogP contribution >= 0.6 is 11.6 Å². The van der Waals surface area contributed by atoms with Crippen LogP contribution in [-0.2, 0) is 13.6 Å². The second-order valence-electron chi connectivity index (χ2n) is 5.24. The minimum absolute atomic E-state index is 0.715. The van der Waals surface area contributed by atoms with Crippen LogP contribution in [0.1, 0.15) is 16.8 Å². The Morgan fingerprint density at radius 2 is 2.05 bits per heavy atom. The van der Waals surface area contributed by atoms with Gasteiger partial charge in [-0.05, 0) is 37.1 Å². The molecule has 4 nitrogen and oxygen atoms in total. The van der Waals surface area contributed by atoms with E-state index in [0.717, 1.165) is 38.6 Å². The smallest absolute Gasteiger partial charge is 0.157 e. The average molecular weight is 301 g/mol. The summed E-state index contributed by atoms with van der Waals surface area (Å²) in [7, 11) is 1.91. The standard InChI is InChI=1S/C16H17ClN4/c1-10-4-5-12(6-15(10)17)8-18-13-7-14-11(2)20-21(3)16(14)19-9-13/h4-7,9,18H,8H2,1-3H3. The molecule has 2 heterocycles. The number of halogens is 1. The largest absolute Gasteiger partial charge is 0.380 e. The number of benzene rings is 1. The van der Waals surface area contributed by atoms with E-state index in [1.165, 1.54) is 0 Å². The maximum Gasteiger partial charge on any atom is 0.157 e. The second kappa shape index (κ2) is 5.37. The summed E-state index contributed by atoms with van der Waals surface area (Å²) in [6, 6.07) is 8.19. The Bertz CT molecular complexity index is 807. The van der Waals surface area contributed by atoms with Gasteiger partial charge in [-0.1, -0.05) is 23.7 Å². The van der Waals surface area contributed by atoms with E-state index < -0.39 is 0 Å². The molecule has 0 spiro atoms. The Balaban J connectivity index is 1.81. The summed E-state index contributed by atoms with van der Waals surface area (Å²) in [5.41, 5.74) is 5.11. The molecule has 0 atom stereocenters. The SMILES string of the molecule is Cc1ccc(CNc2cnc3c(c2)c(C)nn3C)cc1Cl. The quantitative estimate of drug-likeness (QED) is 0.799. The van der Waals surface area contributed by atoms with Crippen LogP contribution < -0.4 is 5.32 Å². The molecule has 1 aromatic carbocycles. The predicted molar refractivity (Wildman–Crippen MR) is 86.8 cm³/mol. The fourth-order valence-electron chi connectivity index (χ4n) is 2.36. The molecule has 0 saturated heterocycles. The first kappa shape index (κ1) is 13.9. The normalized spacial score (nSPS) is 11.0. The summed E-state index contributed by atoms with van der Waals surface area (Å²) in [6.45, 7) is 4.71. The topological polar surface area (TPSA) is 42.7 Å². The van der Waals surface area contributed by atoms with Crippen LogP contribution in [0.3, 0.4) is 0 Å². The van der Waals surface area contributed by atoms with Crippen molar-refractivity contribution < 1.29 is 0 Å². The molecule has 0 aliphatic rings. The van der Waals surface area contributed by atoms with Gasteiger partial charge in [0.1, 0.15) is 0 Å². The lowest BCUT2D eigenvalue weighted by molar-refractivity contribution is 0.774. The molecule has 0 bridgehead atoms. The molecule has 0 saturated carbocycles. The van der Waals surface area contributed by atoms with E-state index in [9.17, 15) is 0 Å². The minimum atomic E-state index is 0.715. The summed E-state index contributed by atoms with van der Waals surface area (Å²) in [5, 5.41) is 9.63. The van der Waals surface area contributed by atoms with Crippen molar-refractivity contribution in [3.05, 3.63) is 52.3 Å². The molecular formula is C16H17ClN4. The number of pyridine rings is 1. The molecule has 21 heavy (non-hydrogen) atoms. The zero-order chi connectivity index (χ0) is 15.0. The molecule has 5 heteroatoms. The third-order valence-electron chi connectivity index (χ3n) is 3.60. The van der Waals surface area contributed by atoms with E-state index in [4.69, 9.17) is 11.6 Å². The third kappa shape index (κ3) is 2.72. The summed E-state index contributed by atoms with van der Waals surface area (Å²) in [5.74, 6) is 0. The Kier molecular flexibility index (Phi) is 3.55. The minimum Gasteiger partial charge on any atom is -0.380 e. The Labute approximate surface area is 128 Å². The molecule has 2 aromatic heterocycles. The maximum atomic E-state index is 6.15. The van der Waals surface area contributed by atoms with Crippen molar-refractivity contribution in [3.63, 3.8) is 0 Å². The second-order valence-corrected chi connectivity index (χ2v) is 5.65. The fourth-order valence-corrected chi connectivity index (χ4v) is 2.56. The number of hydrogen-bond donors (Lipinski definition) is 1. The average Bonchev–Trinajstić information content (AvgIpc) is 2.75. The van der Waals surface area contributed by atoms with E-state index >= 15 is 0 Å². The third-order valence-corrected chi connectivity index (χ3v) is 4.00. The lowest BCUT2D eigenvalue weighted by Crippen LogP contribution is -2.00. The molecule has 3 aromatic rings. The first-order valence-electron chi connectivity index (χ1n) is 6.83. The van der Waals surface area contributed by atoms with Crippen LogP contribution in [0.15, 0.2) is 30.5 Å². The van der Waals surface area contributed by atoms with Crippen LogP contribution in [0.25, 0.3) is 11.0 Å². The highest BCUT2D eigenvalue weighted by atomic mass is 35.5. The highest BCUT2D eigenvalue weighted by molar-refractivity contribution is 6.31. The first-order valence-corrected chi connectivity index (χ1v) is 7.20. The molecule has 0 fully saturated rings. The predicted octanol–water partition coefficient (Wildman–Crippen LogP) is 3.85. The lowest BCUT2D eigenvalue weighted by Gasteiger charge is -2.08. The van der Waals surface area contributed by atoms with E-state index in [-0.39, 0.29) is 0 Å². The number of aryl methyl sites for hydroxylation is 3. The van der Waals surface area contributed by atoms with Gasteiger partial charge >= 0.3 is 0 Å². The van der Waals surface area contributed by atoms with Crippen molar-refractivity contribution in [1.82, 2.24) is 14.8 Å². The van der Waals surface area contributed by atoms with Gasteiger partial charge in [0.15, 0.2) is 5.65 Å².